The number of hydrogen-bond donors (Lipinski definition) is 0. The van der Waals surface area contributed by atoms with Gasteiger partial charge in [0.25, 0.3) is 0 Å². The third kappa shape index (κ3) is 5.60. The number of rotatable bonds is 7. The van der Waals surface area contributed by atoms with Crippen molar-refractivity contribution in [2.75, 3.05) is 26.2 Å². The van der Waals surface area contributed by atoms with E-state index < -0.39 is 0 Å². The minimum Gasteiger partial charge on any atom is -0.492 e. The predicted octanol–water partition coefficient (Wildman–Crippen LogP) is 4.86. The van der Waals surface area contributed by atoms with Crippen LogP contribution < -0.4 is 4.74 Å². The molecule has 2 aliphatic heterocycles. The molecule has 0 spiro atoms. The second kappa shape index (κ2) is 10.3. The Morgan fingerprint density at radius 2 is 1.69 bits per heavy atom. The van der Waals surface area contributed by atoms with Crippen molar-refractivity contribution in [3.63, 3.8) is 0 Å². The molecule has 0 amide bonds. The third-order valence-electron chi connectivity index (χ3n) is 6.44. The zero-order chi connectivity index (χ0) is 21.6. The number of ether oxygens (including phenoxy) is 2. The summed E-state index contributed by atoms with van der Waals surface area (Å²) in [5, 5.41) is 0. The highest BCUT2D eigenvalue weighted by molar-refractivity contribution is 5.38. The monoisotopic (exact) mass is 432 g/mol. The fourth-order valence-electron chi connectivity index (χ4n) is 4.66. The van der Waals surface area contributed by atoms with Crippen molar-refractivity contribution >= 4 is 0 Å². The molecule has 168 valence electrons. The summed E-state index contributed by atoms with van der Waals surface area (Å²) in [6, 6.07) is 19.2. The Kier molecular flexibility index (Phi) is 6.87. The molecule has 1 aromatic heterocycles. The van der Waals surface area contributed by atoms with Gasteiger partial charge >= 0.3 is 0 Å². The summed E-state index contributed by atoms with van der Waals surface area (Å²) in [5.41, 5.74) is 5.11. The van der Waals surface area contributed by atoms with Crippen LogP contribution in [0.15, 0.2) is 71.5 Å². The van der Waals surface area contributed by atoms with Gasteiger partial charge in [0.15, 0.2) is 0 Å². The Bertz CT molecular complexity index is 966. The molecule has 0 saturated carbocycles. The van der Waals surface area contributed by atoms with E-state index in [1.54, 1.807) is 6.26 Å². The average Bonchev–Trinajstić information content (AvgIpc) is 3.25. The van der Waals surface area contributed by atoms with Gasteiger partial charge in [0.1, 0.15) is 12.4 Å². The van der Waals surface area contributed by atoms with Gasteiger partial charge in [0.2, 0.25) is 0 Å². The lowest BCUT2D eigenvalue weighted by Crippen LogP contribution is -2.36. The fourth-order valence-corrected chi connectivity index (χ4v) is 4.66. The van der Waals surface area contributed by atoms with Gasteiger partial charge in [-0.3, -0.25) is 9.80 Å². The largest absolute Gasteiger partial charge is 0.492 e. The van der Waals surface area contributed by atoms with E-state index >= 15 is 0 Å². The molecule has 2 aromatic carbocycles. The molecule has 3 aromatic rings. The van der Waals surface area contributed by atoms with Crippen LogP contribution in [0, 0.1) is 0 Å². The molecular formula is C27H32N2O3. The van der Waals surface area contributed by atoms with Crippen LogP contribution in [0.2, 0.25) is 0 Å². The van der Waals surface area contributed by atoms with Gasteiger partial charge in [-0.1, -0.05) is 36.4 Å². The summed E-state index contributed by atoms with van der Waals surface area (Å²) in [4.78, 5) is 4.97. The molecule has 1 fully saturated rings. The first-order valence-electron chi connectivity index (χ1n) is 11.7. The Balaban J connectivity index is 1.13. The number of benzene rings is 2. The van der Waals surface area contributed by atoms with Crippen LogP contribution in [0.3, 0.4) is 0 Å². The second-order valence-corrected chi connectivity index (χ2v) is 8.90. The minimum absolute atomic E-state index is 0.364. The van der Waals surface area contributed by atoms with Crippen molar-refractivity contribution in [1.29, 1.82) is 0 Å². The molecule has 5 nitrogen and oxygen atoms in total. The van der Waals surface area contributed by atoms with Crippen LogP contribution in [0.5, 0.6) is 5.75 Å². The molecule has 2 aliphatic rings. The van der Waals surface area contributed by atoms with Gasteiger partial charge in [-0.25, -0.2) is 0 Å². The molecule has 0 aliphatic carbocycles. The van der Waals surface area contributed by atoms with E-state index in [1.165, 1.54) is 22.3 Å². The van der Waals surface area contributed by atoms with E-state index in [-0.39, 0.29) is 0 Å². The number of piperidine rings is 1. The van der Waals surface area contributed by atoms with Crippen molar-refractivity contribution in [2.24, 2.45) is 0 Å². The molecule has 0 N–H and O–H groups in total. The molecule has 0 bridgehead atoms. The van der Waals surface area contributed by atoms with E-state index in [9.17, 15) is 0 Å². The minimum atomic E-state index is 0.364. The highest BCUT2D eigenvalue weighted by atomic mass is 16.5. The first-order valence-corrected chi connectivity index (χ1v) is 11.7. The topological polar surface area (TPSA) is 38.1 Å². The number of furan rings is 1. The van der Waals surface area contributed by atoms with Gasteiger partial charge in [0.05, 0.1) is 25.2 Å². The molecule has 0 atom stereocenters. The fraction of sp³-hybridized carbons (Fsp3) is 0.407. The number of fused-ring (bicyclic) bond motifs is 1. The van der Waals surface area contributed by atoms with Crippen LogP contribution in [0.25, 0.3) is 0 Å². The van der Waals surface area contributed by atoms with Gasteiger partial charge in [-0.2, -0.15) is 0 Å². The smallest absolute Gasteiger partial charge is 0.123 e. The lowest BCUT2D eigenvalue weighted by Gasteiger charge is -2.32. The maximum Gasteiger partial charge on any atom is 0.123 e. The molecule has 32 heavy (non-hydrogen) atoms. The Hall–Kier alpha value is -2.60. The van der Waals surface area contributed by atoms with Crippen LogP contribution in [0.4, 0.5) is 0 Å². The van der Waals surface area contributed by atoms with Gasteiger partial charge in [-0.15, -0.1) is 0 Å². The maximum atomic E-state index is 6.16. The SMILES string of the molecule is c1ccc(COC2CCN(Cc3ccc4c(c3)CN(Cc3ccoc3)CCO4)CC2)cc1. The van der Waals surface area contributed by atoms with Crippen molar-refractivity contribution in [3.05, 3.63) is 89.4 Å². The number of nitrogens with zero attached hydrogens (tertiary/aromatic N) is 2. The van der Waals surface area contributed by atoms with Crippen molar-refractivity contribution < 1.29 is 13.9 Å². The molecule has 0 radical (unpaired) electrons. The number of likely N-dealkylation sites (tertiary alicyclic amines) is 1. The molecule has 1 saturated heterocycles. The Labute approximate surface area is 190 Å². The van der Waals surface area contributed by atoms with E-state index in [0.717, 1.165) is 64.5 Å². The quantitative estimate of drug-likeness (QED) is 0.533. The summed E-state index contributed by atoms with van der Waals surface area (Å²) in [5.74, 6) is 1.02. The van der Waals surface area contributed by atoms with E-state index in [2.05, 4.69) is 52.3 Å². The van der Waals surface area contributed by atoms with Gasteiger partial charge < -0.3 is 13.9 Å². The van der Waals surface area contributed by atoms with Crippen LogP contribution >= 0.6 is 0 Å². The molecule has 5 heteroatoms. The highest BCUT2D eigenvalue weighted by Crippen LogP contribution is 2.26. The standard InChI is InChI=1S/C27H32N2O3/c1-2-4-22(5-3-1)21-32-26-8-11-28(12-9-26)17-23-6-7-27-25(16-23)19-29(13-15-31-27)18-24-10-14-30-20-24/h1-7,10,14,16,20,26H,8-9,11-13,15,17-19,21H2. The summed E-state index contributed by atoms with van der Waals surface area (Å²) >= 11 is 0. The first kappa shape index (κ1) is 21.3. The van der Waals surface area contributed by atoms with Crippen LogP contribution in [-0.2, 0) is 31.0 Å². The molecule has 0 unspecified atom stereocenters. The summed E-state index contributed by atoms with van der Waals surface area (Å²) in [6.07, 6.45) is 6.13. The second-order valence-electron chi connectivity index (χ2n) is 8.90. The summed E-state index contributed by atoms with van der Waals surface area (Å²) < 4.78 is 17.4. The lowest BCUT2D eigenvalue weighted by atomic mass is 10.0. The predicted molar refractivity (Wildman–Crippen MR) is 124 cm³/mol. The Morgan fingerprint density at radius 3 is 2.50 bits per heavy atom. The number of hydrogen-bond acceptors (Lipinski definition) is 5. The van der Waals surface area contributed by atoms with E-state index in [4.69, 9.17) is 13.9 Å². The summed E-state index contributed by atoms with van der Waals surface area (Å²) in [7, 11) is 0. The van der Waals surface area contributed by atoms with Crippen molar-refractivity contribution in [2.45, 2.75) is 45.2 Å². The zero-order valence-electron chi connectivity index (χ0n) is 18.6. The zero-order valence-corrected chi connectivity index (χ0v) is 18.6. The van der Waals surface area contributed by atoms with Gasteiger partial charge in [0, 0.05) is 50.4 Å². The highest BCUT2D eigenvalue weighted by Gasteiger charge is 2.21. The molecule has 3 heterocycles. The normalized spacial score (nSPS) is 18.1. The van der Waals surface area contributed by atoms with Crippen LogP contribution in [0.1, 0.15) is 35.1 Å². The van der Waals surface area contributed by atoms with E-state index in [0.29, 0.717) is 12.7 Å². The third-order valence-corrected chi connectivity index (χ3v) is 6.44. The first-order chi connectivity index (χ1) is 15.8. The van der Waals surface area contributed by atoms with E-state index in [1.807, 2.05) is 18.4 Å². The Morgan fingerprint density at radius 1 is 0.844 bits per heavy atom. The maximum absolute atomic E-state index is 6.16. The van der Waals surface area contributed by atoms with Crippen LogP contribution in [-0.4, -0.2) is 42.1 Å². The van der Waals surface area contributed by atoms with Gasteiger partial charge in [-0.05, 0) is 42.2 Å². The summed E-state index contributed by atoms with van der Waals surface area (Å²) in [6.45, 7) is 7.31. The molecular weight excluding hydrogens is 400 g/mol. The lowest BCUT2D eigenvalue weighted by molar-refractivity contribution is -0.00394. The van der Waals surface area contributed by atoms with Crippen molar-refractivity contribution in [1.82, 2.24) is 9.80 Å². The average molecular weight is 433 g/mol. The van der Waals surface area contributed by atoms with Crippen molar-refractivity contribution in [3.8, 4) is 5.75 Å². The molecule has 5 rings (SSSR count).